The van der Waals surface area contributed by atoms with Crippen LogP contribution in [-0.2, 0) is 0 Å². The molecule has 0 saturated heterocycles. The summed E-state index contributed by atoms with van der Waals surface area (Å²) in [6, 6.07) is 0.827. The Bertz CT molecular complexity index is 237. The second kappa shape index (κ2) is 2.10. The highest BCUT2D eigenvalue weighted by Gasteiger charge is 2.51. The third-order valence-corrected chi connectivity index (χ3v) is 4.73. The van der Waals surface area contributed by atoms with Crippen LogP contribution in [0, 0.1) is 23.7 Å². The Morgan fingerprint density at radius 3 is 1.92 bits per heavy atom. The van der Waals surface area contributed by atoms with Crippen molar-refractivity contribution in [1.29, 1.82) is 0 Å². The Labute approximate surface area is 79.0 Å². The lowest BCUT2D eigenvalue weighted by Crippen LogP contribution is -2.51. The van der Waals surface area contributed by atoms with E-state index in [2.05, 4.69) is 10.1 Å². The van der Waals surface area contributed by atoms with Gasteiger partial charge in [0.1, 0.15) is 6.34 Å². The minimum Gasteiger partial charge on any atom is -0.248 e. The van der Waals surface area contributed by atoms with Gasteiger partial charge >= 0.3 is 0 Å². The lowest BCUT2D eigenvalue weighted by atomic mass is 9.54. The summed E-state index contributed by atoms with van der Waals surface area (Å²) in [5.74, 6) is 4.19. The molecule has 0 N–H and O–H groups in total. The number of hydrogen-bond acceptors (Lipinski definition) is 2. The standard InChI is InChI=1S/C11H16N2/c1-7-2-9-4-8(1)5-10(3-7)11(9)13-6-12-13/h6-11H,1-5H2. The van der Waals surface area contributed by atoms with Crippen molar-refractivity contribution in [2.24, 2.45) is 28.8 Å². The Morgan fingerprint density at radius 2 is 1.46 bits per heavy atom. The van der Waals surface area contributed by atoms with Gasteiger partial charge in [-0.1, -0.05) is 0 Å². The molecule has 2 nitrogen and oxygen atoms in total. The summed E-state index contributed by atoms with van der Waals surface area (Å²) in [7, 11) is 0. The zero-order chi connectivity index (χ0) is 8.41. The van der Waals surface area contributed by atoms with Crippen molar-refractivity contribution >= 4 is 6.34 Å². The molecule has 0 aromatic heterocycles. The van der Waals surface area contributed by atoms with Crippen LogP contribution in [0.25, 0.3) is 0 Å². The molecule has 0 aromatic rings. The van der Waals surface area contributed by atoms with E-state index in [9.17, 15) is 0 Å². The normalized spacial score (nSPS) is 56.0. The predicted molar refractivity (Wildman–Crippen MR) is 51.2 cm³/mol. The molecule has 5 rings (SSSR count). The molecule has 0 amide bonds. The van der Waals surface area contributed by atoms with Crippen LogP contribution in [0.5, 0.6) is 0 Å². The topological polar surface area (TPSA) is 15.4 Å². The van der Waals surface area contributed by atoms with Gasteiger partial charge in [0.2, 0.25) is 0 Å². The van der Waals surface area contributed by atoms with Gasteiger partial charge in [-0.2, -0.15) is 5.10 Å². The molecule has 0 unspecified atom stereocenters. The molecule has 4 bridgehead atoms. The Hall–Kier alpha value is -0.530. The molecule has 13 heavy (non-hydrogen) atoms. The van der Waals surface area contributed by atoms with Crippen molar-refractivity contribution in [2.45, 2.75) is 38.1 Å². The van der Waals surface area contributed by atoms with Gasteiger partial charge < -0.3 is 0 Å². The van der Waals surface area contributed by atoms with E-state index in [-0.39, 0.29) is 0 Å². The molecule has 2 heteroatoms. The summed E-state index contributed by atoms with van der Waals surface area (Å²) in [4.78, 5) is 0. The van der Waals surface area contributed by atoms with Crippen LogP contribution in [0.15, 0.2) is 5.10 Å². The highest BCUT2D eigenvalue weighted by Crippen LogP contribution is 2.55. The third kappa shape index (κ3) is 0.866. The Balaban J connectivity index is 1.66. The van der Waals surface area contributed by atoms with Crippen molar-refractivity contribution in [2.75, 3.05) is 0 Å². The zero-order valence-corrected chi connectivity index (χ0v) is 7.89. The quantitative estimate of drug-likeness (QED) is 0.597. The van der Waals surface area contributed by atoms with Crippen LogP contribution in [0.2, 0.25) is 0 Å². The largest absolute Gasteiger partial charge is 0.248 e. The van der Waals surface area contributed by atoms with E-state index in [0.717, 1.165) is 29.7 Å². The first kappa shape index (κ1) is 6.86. The van der Waals surface area contributed by atoms with Gasteiger partial charge in [0, 0.05) is 0 Å². The molecule has 4 fully saturated rings. The number of hydrazone groups is 1. The maximum absolute atomic E-state index is 4.26. The molecule has 5 aliphatic rings. The molecule has 0 radical (unpaired) electrons. The fourth-order valence-corrected chi connectivity index (χ4v) is 4.51. The third-order valence-electron chi connectivity index (χ3n) is 4.73. The second-order valence-corrected chi connectivity index (χ2v) is 5.53. The molecule has 1 aliphatic heterocycles. The van der Waals surface area contributed by atoms with E-state index in [0.29, 0.717) is 0 Å². The zero-order valence-electron chi connectivity index (χ0n) is 7.89. The number of hydrogen-bond donors (Lipinski definition) is 0. The van der Waals surface area contributed by atoms with Crippen molar-refractivity contribution < 1.29 is 0 Å². The monoisotopic (exact) mass is 176 g/mol. The molecule has 0 atom stereocenters. The molecule has 0 aromatic carbocycles. The highest BCUT2D eigenvalue weighted by atomic mass is 15.6. The molecular formula is C11H16N2. The van der Waals surface area contributed by atoms with Crippen LogP contribution in [0.4, 0.5) is 0 Å². The summed E-state index contributed by atoms with van der Waals surface area (Å²) in [5.41, 5.74) is 0. The minimum absolute atomic E-state index is 0.827. The van der Waals surface area contributed by atoms with E-state index in [4.69, 9.17) is 0 Å². The van der Waals surface area contributed by atoms with Crippen LogP contribution in [0.3, 0.4) is 0 Å². The van der Waals surface area contributed by atoms with E-state index in [1.807, 2.05) is 6.34 Å². The maximum Gasteiger partial charge on any atom is 0.132 e. The van der Waals surface area contributed by atoms with Gasteiger partial charge in [0.25, 0.3) is 0 Å². The first-order chi connectivity index (χ1) is 6.40. The lowest BCUT2D eigenvalue weighted by molar-refractivity contribution is -0.0336. The van der Waals surface area contributed by atoms with Crippen molar-refractivity contribution in [3.63, 3.8) is 0 Å². The summed E-state index contributed by atoms with van der Waals surface area (Å²) in [6.07, 6.45) is 9.64. The first-order valence-electron chi connectivity index (χ1n) is 5.72. The van der Waals surface area contributed by atoms with Crippen molar-refractivity contribution in [3.05, 3.63) is 0 Å². The number of rotatable bonds is 1. The highest BCUT2D eigenvalue weighted by molar-refractivity contribution is 5.66. The van der Waals surface area contributed by atoms with Crippen LogP contribution in [-0.4, -0.2) is 17.4 Å². The summed E-state index contributed by atoms with van der Waals surface area (Å²) < 4.78 is 0. The Morgan fingerprint density at radius 1 is 0.923 bits per heavy atom. The van der Waals surface area contributed by atoms with Crippen molar-refractivity contribution in [3.8, 4) is 0 Å². The predicted octanol–water partition coefficient (Wildman–Crippen LogP) is 2.07. The molecule has 4 saturated carbocycles. The van der Waals surface area contributed by atoms with Crippen LogP contribution < -0.4 is 0 Å². The minimum atomic E-state index is 0.827. The van der Waals surface area contributed by atoms with Gasteiger partial charge in [0.15, 0.2) is 0 Å². The maximum atomic E-state index is 4.26. The molecular weight excluding hydrogens is 160 g/mol. The van der Waals surface area contributed by atoms with Gasteiger partial charge in [-0.3, -0.25) is 0 Å². The Kier molecular flexibility index (Phi) is 1.11. The van der Waals surface area contributed by atoms with E-state index in [1.165, 1.54) is 25.7 Å². The van der Waals surface area contributed by atoms with Gasteiger partial charge in [0.05, 0.1) is 6.04 Å². The molecule has 4 aliphatic carbocycles. The molecule has 0 spiro atoms. The van der Waals surface area contributed by atoms with E-state index >= 15 is 0 Å². The fourth-order valence-electron chi connectivity index (χ4n) is 4.51. The van der Waals surface area contributed by atoms with Crippen molar-refractivity contribution in [1.82, 2.24) is 5.01 Å². The van der Waals surface area contributed by atoms with Gasteiger partial charge in [-0.25, -0.2) is 5.01 Å². The lowest BCUT2D eigenvalue weighted by Gasteiger charge is -2.54. The molecule has 70 valence electrons. The smallest absolute Gasteiger partial charge is 0.132 e. The van der Waals surface area contributed by atoms with Crippen LogP contribution >= 0.6 is 0 Å². The first-order valence-corrected chi connectivity index (χ1v) is 5.72. The van der Waals surface area contributed by atoms with Gasteiger partial charge in [-0.15, -0.1) is 0 Å². The second-order valence-electron chi connectivity index (χ2n) is 5.53. The molecule has 1 heterocycles. The fraction of sp³-hybridized carbons (Fsp3) is 0.909. The summed E-state index contributed by atoms with van der Waals surface area (Å²) in [5, 5.41) is 6.51. The average Bonchev–Trinajstić information content (AvgIpc) is 2.85. The van der Waals surface area contributed by atoms with E-state index < -0.39 is 0 Å². The summed E-state index contributed by atoms with van der Waals surface area (Å²) >= 11 is 0. The average molecular weight is 176 g/mol. The SMILES string of the molecule is C1=NN1C1C2CC3CC(C2)CC1C3. The summed E-state index contributed by atoms with van der Waals surface area (Å²) in [6.45, 7) is 0. The number of nitrogens with zero attached hydrogens (tertiary/aromatic N) is 2. The van der Waals surface area contributed by atoms with Gasteiger partial charge in [-0.05, 0) is 55.8 Å². The van der Waals surface area contributed by atoms with E-state index in [1.54, 1.807) is 6.42 Å². The van der Waals surface area contributed by atoms with Crippen LogP contribution in [0.1, 0.15) is 32.1 Å².